The molecule has 0 saturated heterocycles. The summed E-state index contributed by atoms with van der Waals surface area (Å²) in [5.74, 6) is 1.01. The Kier molecular flexibility index (Phi) is 4.61. The Bertz CT molecular complexity index is 181. The fraction of sp³-hybridized carbons (Fsp3) is 0.750. The van der Waals surface area contributed by atoms with E-state index < -0.39 is 0 Å². The molecule has 1 aliphatic carbocycles. The summed E-state index contributed by atoms with van der Waals surface area (Å²) in [7, 11) is 0. The van der Waals surface area contributed by atoms with E-state index in [-0.39, 0.29) is 0 Å². The first-order chi connectivity index (χ1) is 5.83. The van der Waals surface area contributed by atoms with Gasteiger partial charge < -0.3 is 0 Å². The van der Waals surface area contributed by atoms with Crippen LogP contribution >= 0.6 is 24.0 Å². The number of thiocarbonyl (C=S) groups is 1. The molecular weight excluding hydrogens is 188 g/mol. The molecule has 1 aliphatic rings. The molecule has 0 atom stereocenters. The summed E-state index contributed by atoms with van der Waals surface area (Å²) in [5.41, 5.74) is 4.18. The SMILES string of the molecule is CCSC(=S)NN=C1CCCC1. The van der Waals surface area contributed by atoms with E-state index in [1.807, 2.05) is 0 Å². The van der Waals surface area contributed by atoms with Crippen LogP contribution in [0.1, 0.15) is 32.6 Å². The molecule has 2 nitrogen and oxygen atoms in total. The molecule has 0 aromatic carbocycles. The molecule has 12 heavy (non-hydrogen) atoms. The van der Waals surface area contributed by atoms with Crippen LogP contribution in [-0.4, -0.2) is 15.8 Å². The number of rotatable bonds is 2. The zero-order chi connectivity index (χ0) is 8.81. The monoisotopic (exact) mass is 202 g/mol. The van der Waals surface area contributed by atoms with E-state index in [2.05, 4.69) is 17.5 Å². The molecule has 1 rings (SSSR count). The molecule has 1 saturated carbocycles. The zero-order valence-corrected chi connectivity index (χ0v) is 8.93. The standard InChI is InChI=1S/C8H14N2S2/c1-2-12-8(11)10-9-7-5-3-4-6-7/h2-6H2,1H3,(H,10,11). The Morgan fingerprint density at radius 1 is 1.58 bits per heavy atom. The predicted molar refractivity (Wildman–Crippen MR) is 59.8 cm³/mol. The van der Waals surface area contributed by atoms with E-state index in [1.54, 1.807) is 11.8 Å². The van der Waals surface area contributed by atoms with Gasteiger partial charge in [0.25, 0.3) is 0 Å². The summed E-state index contributed by atoms with van der Waals surface area (Å²) < 4.78 is 0.789. The molecule has 1 N–H and O–H groups in total. The molecule has 0 amide bonds. The van der Waals surface area contributed by atoms with Crippen molar-refractivity contribution in [3.63, 3.8) is 0 Å². The maximum Gasteiger partial charge on any atom is 0.154 e. The highest BCUT2D eigenvalue weighted by atomic mass is 32.2. The average Bonchev–Trinajstić information content (AvgIpc) is 2.53. The summed E-state index contributed by atoms with van der Waals surface area (Å²) >= 11 is 6.66. The topological polar surface area (TPSA) is 24.4 Å². The van der Waals surface area contributed by atoms with Crippen molar-refractivity contribution in [2.75, 3.05) is 5.75 Å². The lowest BCUT2D eigenvalue weighted by atomic mass is 10.3. The molecule has 0 aromatic heterocycles. The van der Waals surface area contributed by atoms with Gasteiger partial charge in [-0.05, 0) is 31.4 Å². The third-order valence-corrected chi connectivity index (χ3v) is 2.85. The van der Waals surface area contributed by atoms with Crippen LogP contribution in [0.3, 0.4) is 0 Å². The van der Waals surface area contributed by atoms with E-state index in [0.717, 1.165) is 22.9 Å². The number of hydrazone groups is 1. The van der Waals surface area contributed by atoms with Gasteiger partial charge in [0, 0.05) is 5.71 Å². The third-order valence-electron chi connectivity index (χ3n) is 1.76. The van der Waals surface area contributed by atoms with Crippen LogP contribution in [0.4, 0.5) is 0 Å². The molecule has 0 aliphatic heterocycles. The lowest BCUT2D eigenvalue weighted by Gasteiger charge is -2.00. The summed E-state index contributed by atoms with van der Waals surface area (Å²) in [6, 6.07) is 0. The molecule has 0 radical (unpaired) electrons. The highest BCUT2D eigenvalue weighted by molar-refractivity contribution is 8.22. The largest absolute Gasteiger partial charge is 0.262 e. The molecule has 68 valence electrons. The van der Waals surface area contributed by atoms with Crippen molar-refractivity contribution in [3.05, 3.63) is 0 Å². The lowest BCUT2D eigenvalue weighted by molar-refractivity contribution is 0.886. The summed E-state index contributed by atoms with van der Waals surface area (Å²) in [5, 5.41) is 4.25. The van der Waals surface area contributed by atoms with Crippen LogP contribution in [-0.2, 0) is 0 Å². The Morgan fingerprint density at radius 2 is 2.25 bits per heavy atom. The second kappa shape index (κ2) is 5.54. The van der Waals surface area contributed by atoms with Gasteiger partial charge in [-0.3, -0.25) is 5.43 Å². The van der Waals surface area contributed by atoms with Gasteiger partial charge in [0.15, 0.2) is 4.32 Å². The van der Waals surface area contributed by atoms with Crippen molar-refractivity contribution in [2.45, 2.75) is 32.6 Å². The smallest absolute Gasteiger partial charge is 0.154 e. The van der Waals surface area contributed by atoms with Gasteiger partial charge in [-0.25, -0.2) is 0 Å². The van der Waals surface area contributed by atoms with E-state index in [9.17, 15) is 0 Å². The second-order valence-corrected chi connectivity index (χ2v) is 4.66. The van der Waals surface area contributed by atoms with Gasteiger partial charge in [-0.2, -0.15) is 5.10 Å². The first kappa shape index (κ1) is 9.99. The van der Waals surface area contributed by atoms with E-state index in [1.165, 1.54) is 18.6 Å². The van der Waals surface area contributed by atoms with Crippen molar-refractivity contribution in [1.29, 1.82) is 0 Å². The van der Waals surface area contributed by atoms with Crippen LogP contribution in [0.2, 0.25) is 0 Å². The van der Waals surface area contributed by atoms with Gasteiger partial charge in [0.2, 0.25) is 0 Å². The molecule has 0 heterocycles. The minimum absolute atomic E-state index is 0.789. The average molecular weight is 202 g/mol. The van der Waals surface area contributed by atoms with Gasteiger partial charge in [0.1, 0.15) is 0 Å². The zero-order valence-electron chi connectivity index (χ0n) is 7.30. The molecule has 4 heteroatoms. The normalized spacial score (nSPS) is 16.2. The molecular formula is C8H14N2S2. The van der Waals surface area contributed by atoms with Gasteiger partial charge in [-0.1, -0.05) is 30.9 Å². The number of hydrogen-bond acceptors (Lipinski definition) is 3. The first-order valence-electron chi connectivity index (χ1n) is 4.31. The lowest BCUT2D eigenvalue weighted by Crippen LogP contribution is -2.13. The minimum Gasteiger partial charge on any atom is -0.262 e. The Labute approximate surface area is 83.2 Å². The Hall–Kier alpha value is -0.0900. The fourth-order valence-corrected chi connectivity index (χ4v) is 1.95. The number of hydrogen-bond donors (Lipinski definition) is 1. The van der Waals surface area contributed by atoms with Gasteiger partial charge in [-0.15, -0.1) is 0 Å². The number of nitrogens with one attached hydrogen (secondary N) is 1. The number of thioether (sulfide) groups is 1. The predicted octanol–water partition coefficient (Wildman–Crippen LogP) is 2.54. The van der Waals surface area contributed by atoms with Gasteiger partial charge in [0.05, 0.1) is 0 Å². The van der Waals surface area contributed by atoms with Crippen LogP contribution in [0.25, 0.3) is 0 Å². The molecule has 0 unspecified atom stereocenters. The van der Waals surface area contributed by atoms with Gasteiger partial charge >= 0.3 is 0 Å². The highest BCUT2D eigenvalue weighted by Gasteiger charge is 2.07. The van der Waals surface area contributed by atoms with Crippen LogP contribution in [0.15, 0.2) is 5.10 Å². The van der Waals surface area contributed by atoms with E-state index in [0.29, 0.717) is 0 Å². The third kappa shape index (κ3) is 3.54. The molecule has 0 bridgehead atoms. The van der Waals surface area contributed by atoms with Crippen LogP contribution in [0.5, 0.6) is 0 Å². The molecule has 0 aromatic rings. The van der Waals surface area contributed by atoms with Crippen molar-refractivity contribution in [2.24, 2.45) is 5.10 Å². The number of nitrogens with zero attached hydrogens (tertiary/aromatic N) is 1. The Balaban J connectivity index is 2.22. The first-order valence-corrected chi connectivity index (χ1v) is 5.70. The van der Waals surface area contributed by atoms with Crippen molar-refractivity contribution < 1.29 is 0 Å². The van der Waals surface area contributed by atoms with E-state index >= 15 is 0 Å². The van der Waals surface area contributed by atoms with Crippen LogP contribution in [0, 0.1) is 0 Å². The summed E-state index contributed by atoms with van der Waals surface area (Å²) in [6.07, 6.45) is 4.86. The summed E-state index contributed by atoms with van der Waals surface area (Å²) in [4.78, 5) is 0. The minimum atomic E-state index is 0.789. The summed E-state index contributed by atoms with van der Waals surface area (Å²) in [6.45, 7) is 2.08. The fourth-order valence-electron chi connectivity index (χ4n) is 1.18. The van der Waals surface area contributed by atoms with Crippen LogP contribution < -0.4 is 5.43 Å². The quantitative estimate of drug-likeness (QED) is 0.550. The maximum absolute atomic E-state index is 5.03. The molecule has 1 fully saturated rings. The Morgan fingerprint density at radius 3 is 2.83 bits per heavy atom. The van der Waals surface area contributed by atoms with Crippen molar-refractivity contribution >= 4 is 34.0 Å². The maximum atomic E-state index is 5.03. The van der Waals surface area contributed by atoms with Crippen molar-refractivity contribution in [3.8, 4) is 0 Å². The molecule has 0 spiro atoms. The highest BCUT2D eigenvalue weighted by Crippen LogP contribution is 2.14. The van der Waals surface area contributed by atoms with Crippen molar-refractivity contribution in [1.82, 2.24) is 5.43 Å². The second-order valence-electron chi connectivity index (χ2n) is 2.72. The van der Waals surface area contributed by atoms with E-state index in [4.69, 9.17) is 12.2 Å².